The molecule has 0 spiro atoms. The molecule has 0 saturated carbocycles. The molecule has 2 heterocycles. The number of nitrogens with zero attached hydrogens (tertiary/aromatic N) is 4. The van der Waals surface area contributed by atoms with Gasteiger partial charge in [-0.15, -0.1) is 6.58 Å². The van der Waals surface area contributed by atoms with Crippen molar-refractivity contribution in [1.29, 1.82) is 0 Å². The lowest BCUT2D eigenvalue weighted by molar-refractivity contribution is 0.232. The Kier molecular flexibility index (Phi) is 9.76. The number of halogens is 1. The standard InChI is InChI=1S/C29H39ClN4/c1-6-8-18-34(17-7-2)26-11-9-25(10-12-26)28-27(30)21-23(5)29(32-28)31-16-13-24-14-19-33(20-15-24)22(3)4/h6,9-12,16,21,24H,1,3,7-8,13-15,17-20H2,2,4-5H3. The average molecular weight is 479 g/mol. The first kappa shape index (κ1) is 26.0. The van der Waals surface area contributed by atoms with Gasteiger partial charge in [0.25, 0.3) is 0 Å². The quantitative estimate of drug-likeness (QED) is 0.243. The summed E-state index contributed by atoms with van der Waals surface area (Å²) < 4.78 is 0. The maximum atomic E-state index is 6.60. The highest BCUT2D eigenvalue weighted by Gasteiger charge is 2.18. The van der Waals surface area contributed by atoms with Crippen molar-refractivity contribution >= 4 is 29.3 Å². The smallest absolute Gasteiger partial charge is 0.155 e. The second-order valence-electron chi connectivity index (χ2n) is 9.28. The van der Waals surface area contributed by atoms with Crippen LogP contribution in [0.15, 0.2) is 60.3 Å². The van der Waals surface area contributed by atoms with Crippen LogP contribution in [0, 0.1) is 12.8 Å². The van der Waals surface area contributed by atoms with E-state index >= 15 is 0 Å². The van der Waals surface area contributed by atoms with Gasteiger partial charge in [-0.05, 0) is 75.6 Å². The molecule has 0 atom stereocenters. The molecule has 1 fully saturated rings. The van der Waals surface area contributed by atoms with Crippen molar-refractivity contribution in [2.24, 2.45) is 10.9 Å². The van der Waals surface area contributed by atoms with Gasteiger partial charge < -0.3 is 9.80 Å². The highest BCUT2D eigenvalue weighted by atomic mass is 35.5. The highest BCUT2D eigenvalue weighted by molar-refractivity contribution is 6.33. The Bertz CT molecular complexity index is 988. The molecule has 2 aromatic rings. The van der Waals surface area contributed by atoms with Crippen molar-refractivity contribution in [1.82, 2.24) is 9.88 Å². The van der Waals surface area contributed by atoms with E-state index in [1.807, 2.05) is 25.3 Å². The first-order valence-electron chi connectivity index (χ1n) is 12.5. The molecule has 182 valence electrons. The Balaban J connectivity index is 1.71. The number of pyridine rings is 1. The summed E-state index contributed by atoms with van der Waals surface area (Å²) in [6, 6.07) is 10.5. The van der Waals surface area contributed by atoms with Crippen LogP contribution in [0.3, 0.4) is 0 Å². The van der Waals surface area contributed by atoms with Gasteiger partial charge in [0.15, 0.2) is 5.82 Å². The molecule has 0 N–H and O–H groups in total. The third-order valence-corrected chi connectivity index (χ3v) is 6.84. The fraction of sp³-hybridized carbons (Fsp3) is 0.448. The number of piperidine rings is 1. The SMILES string of the molecule is C=CCCN(CCC)c1ccc(-c2nc(N=CCC3CCN(C(=C)C)CC3)c(C)cc2Cl)cc1. The van der Waals surface area contributed by atoms with Crippen molar-refractivity contribution in [3.05, 3.63) is 65.8 Å². The van der Waals surface area contributed by atoms with Crippen LogP contribution in [0.1, 0.15) is 51.5 Å². The van der Waals surface area contributed by atoms with Crippen LogP contribution in [-0.2, 0) is 0 Å². The number of hydrogen-bond donors (Lipinski definition) is 0. The monoisotopic (exact) mass is 478 g/mol. The van der Waals surface area contributed by atoms with Gasteiger partial charge in [-0.2, -0.15) is 0 Å². The molecule has 1 aromatic carbocycles. The van der Waals surface area contributed by atoms with Crippen molar-refractivity contribution in [2.45, 2.75) is 52.9 Å². The van der Waals surface area contributed by atoms with E-state index in [9.17, 15) is 0 Å². The number of aliphatic imine (C=N–C) groups is 1. The second-order valence-corrected chi connectivity index (χ2v) is 9.69. The van der Waals surface area contributed by atoms with E-state index in [1.165, 1.54) is 24.2 Å². The summed E-state index contributed by atoms with van der Waals surface area (Å²) in [6.45, 7) is 18.4. The molecule has 5 heteroatoms. The van der Waals surface area contributed by atoms with Gasteiger partial charge in [-0.25, -0.2) is 9.98 Å². The summed E-state index contributed by atoms with van der Waals surface area (Å²) in [4.78, 5) is 14.4. The molecule has 0 radical (unpaired) electrons. The zero-order valence-corrected chi connectivity index (χ0v) is 21.8. The van der Waals surface area contributed by atoms with Gasteiger partial charge in [0.2, 0.25) is 0 Å². The average Bonchev–Trinajstić information content (AvgIpc) is 2.83. The molecular formula is C29H39ClN4. The number of likely N-dealkylation sites (tertiary alicyclic amines) is 1. The van der Waals surface area contributed by atoms with Crippen LogP contribution in [0.4, 0.5) is 11.5 Å². The van der Waals surface area contributed by atoms with E-state index in [1.54, 1.807) is 0 Å². The van der Waals surface area contributed by atoms with E-state index in [2.05, 4.69) is 61.1 Å². The van der Waals surface area contributed by atoms with E-state index in [0.29, 0.717) is 10.9 Å². The fourth-order valence-electron chi connectivity index (χ4n) is 4.46. The summed E-state index contributed by atoms with van der Waals surface area (Å²) in [5.41, 5.74) is 5.18. The minimum Gasteiger partial charge on any atom is -0.376 e. The number of rotatable bonds is 11. The predicted octanol–water partition coefficient (Wildman–Crippen LogP) is 7.84. The molecule has 0 bridgehead atoms. The number of aromatic nitrogens is 1. The molecule has 0 aliphatic carbocycles. The van der Waals surface area contributed by atoms with Crippen LogP contribution >= 0.6 is 11.6 Å². The maximum Gasteiger partial charge on any atom is 0.155 e. The van der Waals surface area contributed by atoms with Crippen molar-refractivity contribution in [3.63, 3.8) is 0 Å². The summed E-state index contributed by atoms with van der Waals surface area (Å²) in [6.07, 6.45) is 9.45. The number of anilines is 1. The van der Waals surface area contributed by atoms with Gasteiger partial charge in [-0.1, -0.05) is 43.3 Å². The summed E-state index contributed by atoms with van der Waals surface area (Å²) >= 11 is 6.60. The summed E-state index contributed by atoms with van der Waals surface area (Å²) in [5.74, 6) is 1.42. The molecular weight excluding hydrogens is 440 g/mol. The zero-order chi connectivity index (χ0) is 24.5. The van der Waals surface area contributed by atoms with Crippen LogP contribution in [0.5, 0.6) is 0 Å². The van der Waals surface area contributed by atoms with Crippen molar-refractivity contribution in [3.8, 4) is 11.3 Å². The molecule has 1 aliphatic heterocycles. The molecule has 3 rings (SSSR count). The zero-order valence-electron chi connectivity index (χ0n) is 21.1. The third kappa shape index (κ3) is 6.96. The van der Waals surface area contributed by atoms with E-state index in [0.717, 1.165) is 68.1 Å². The number of allylic oxidation sites excluding steroid dienone is 1. The largest absolute Gasteiger partial charge is 0.376 e. The first-order chi connectivity index (χ1) is 16.4. The highest BCUT2D eigenvalue weighted by Crippen LogP contribution is 2.32. The first-order valence-corrected chi connectivity index (χ1v) is 12.9. The lowest BCUT2D eigenvalue weighted by Crippen LogP contribution is -2.32. The fourth-order valence-corrected chi connectivity index (χ4v) is 4.77. The topological polar surface area (TPSA) is 31.7 Å². The van der Waals surface area contributed by atoms with Crippen molar-refractivity contribution < 1.29 is 0 Å². The molecule has 1 saturated heterocycles. The molecule has 4 nitrogen and oxygen atoms in total. The minimum atomic E-state index is 0.661. The van der Waals surface area contributed by atoms with Crippen molar-refractivity contribution in [2.75, 3.05) is 31.1 Å². The molecule has 1 aliphatic rings. The van der Waals surface area contributed by atoms with Gasteiger partial charge in [-0.3, -0.25) is 0 Å². The van der Waals surface area contributed by atoms with Crippen LogP contribution in [-0.4, -0.2) is 42.3 Å². The van der Waals surface area contributed by atoms with Gasteiger partial charge >= 0.3 is 0 Å². The summed E-state index contributed by atoms with van der Waals surface area (Å²) in [5, 5.41) is 0.661. The number of benzene rings is 1. The molecule has 34 heavy (non-hydrogen) atoms. The lowest BCUT2D eigenvalue weighted by Gasteiger charge is -2.33. The summed E-state index contributed by atoms with van der Waals surface area (Å²) in [7, 11) is 0. The van der Waals surface area contributed by atoms with Crippen LogP contribution < -0.4 is 4.90 Å². The Morgan fingerprint density at radius 2 is 1.94 bits per heavy atom. The van der Waals surface area contributed by atoms with Gasteiger partial charge in [0, 0.05) is 49.3 Å². The Hall–Kier alpha value is -2.59. The number of hydrogen-bond acceptors (Lipinski definition) is 4. The molecule has 0 unspecified atom stereocenters. The molecule has 1 aromatic heterocycles. The lowest BCUT2D eigenvalue weighted by atomic mass is 9.94. The van der Waals surface area contributed by atoms with E-state index < -0.39 is 0 Å². The van der Waals surface area contributed by atoms with Gasteiger partial charge in [0.1, 0.15) is 0 Å². The van der Waals surface area contributed by atoms with Gasteiger partial charge in [0.05, 0.1) is 10.7 Å². The third-order valence-electron chi connectivity index (χ3n) is 6.55. The minimum absolute atomic E-state index is 0.661. The van der Waals surface area contributed by atoms with E-state index in [-0.39, 0.29) is 0 Å². The van der Waals surface area contributed by atoms with E-state index in [4.69, 9.17) is 21.6 Å². The Morgan fingerprint density at radius 3 is 2.56 bits per heavy atom. The normalized spacial score (nSPS) is 14.5. The van der Waals surface area contributed by atoms with Crippen LogP contribution in [0.2, 0.25) is 5.02 Å². The number of aryl methyl sites for hydroxylation is 1. The van der Waals surface area contributed by atoms with Crippen LogP contribution in [0.25, 0.3) is 11.3 Å². The Morgan fingerprint density at radius 1 is 1.24 bits per heavy atom. The molecule has 0 amide bonds. The maximum absolute atomic E-state index is 6.60. The second kappa shape index (κ2) is 12.8. The predicted molar refractivity (Wildman–Crippen MR) is 149 cm³/mol. The Labute approximate surface area is 211 Å².